The third kappa shape index (κ3) is 60.8. The number of aliphatic hydroxyl groups excluding tert-OH is 1. The molecule has 0 bridgehead atoms. The largest absolute Gasteiger partial charge is 0.756 e. The molecule has 0 aromatic heterocycles. The van der Waals surface area contributed by atoms with Gasteiger partial charge < -0.3 is 28.8 Å². The molecule has 0 fully saturated rings. The fraction of sp³-hybridized carbons (Fsp3) is 0.725. The number of amides is 1. The summed E-state index contributed by atoms with van der Waals surface area (Å²) < 4.78 is 23.4. The molecule has 8 nitrogen and oxygen atoms in total. The van der Waals surface area contributed by atoms with E-state index < -0.39 is 26.6 Å². The van der Waals surface area contributed by atoms with Crippen molar-refractivity contribution in [2.75, 3.05) is 40.9 Å². The number of carbonyl (C=O) groups excluding carboxylic acids is 1. The topological polar surface area (TPSA) is 108 Å². The Morgan fingerprint density at radius 2 is 0.795 bits per heavy atom. The van der Waals surface area contributed by atoms with E-state index >= 15 is 0 Å². The first-order valence-corrected chi connectivity index (χ1v) is 33.7. The molecule has 0 radical (unpaired) electrons. The van der Waals surface area contributed by atoms with Gasteiger partial charge in [0.2, 0.25) is 5.91 Å². The summed E-state index contributed by atoms with van der Waals surface area (Å²) in [6.45, 7) is 4.52. The van der Waals surface area contributed by atoms with Crippen molar-refractivity contribution in [2.24, 2.45) is 0 Å². The Morgan fingerprint density at radius 1 is 0.462 bits per heavy atom. The normalized spacial score (nSPS) is 14.5. The van der Waals surface area contributed by atoms with Gasteiger partial charge in [0.05, 0.1) is 39.9 Å². The van der Waals surface area contributed by atoms with Gasteiger partial charge in [0, 0.05) is 6.42 Å². The van der Waals surface area contributed by atoms with E-state index in [2.05, 4.69) is 116 Å². The van der Waals surface area contributed by atoms with Crippen LogP contribution in [-0.4, -0.2) is 68.5 Å². The van der Waals surface area contributed by atoms with E-state index in [4.69, 9.17) is 9.05 Å². The van der Waals surface area contributed by atoms with Gasteiger partial charge in [0.15, 0.2) is 0 Å². The number of rotatable bonds is 58. The van der Waals surface area contributed by atoms with Crippen LogP contribution in [0, 0.1) is 0 Å². The average molecular weight is 1110 g/mol. The molecule has 3 unspecified atom stereocenters. The Hall–Kier alpha value is -2.84. The van der Waals surface area contributed by atoms with Gasteiger partial charge in [-0.05, 0) is 89.9 Å². The third-order valence-corrected chi connectivity index (χ3v) is 14.9. The number of likely N-dealkylation sites (N-methyl/N-ethyl adjacent to an activating group) is 1. The molecule has 0 aliphatic rings. The van der Waals surface area contributed by atoms with Gasteiger partial charge in [-0.15, -0.1) is 0 Å². The number of nitrogens with one attached hydrogen (secondary N) is 1. The highest BCUT2D eigenvalue weighted by atomic mass is 31.2. The van der Waals surface area contributed by atoms with Crippen LogP contribution >= 0.6 is 7.82 Å². The van der Waals surface area contributed by atoms with Gasteiger partial charge in [0.1, 0.15) is 13.2 Å². The Bertz CT molecular complexity index is 1640. The first-order valence-electron chi connectivity index (χ1n) is 32.2. The highest BCUT2D eigenvalue weighted by Crippen LogP contribution is 2.38. The van der Waals surface area contributed by atoms with Crippen LogP contribution in [0.15, 0.2) is 109 Å². The van der Waals surface area contributed by atoms with Crippen molar-refractivity contribution in [1.82, 2.24) is 5.32 Å². The number of aliphatic hydroxyl groups is 1. The van der Waals surface area contributed by atoms with Crippen LogP contribution in [0.4, 0.5) is 0 Å². The molecule has 9 heteroatoms. The van der Waals surface area contributed by atoms with Crippen LogP contribution in [0.25, 0.3) is 0 Å². The maximum Gasteiger partial charge on any atom is 0.268 e. The Balaban J connectivity index is 4.04. The van der Waals surface area contributed by atoms with E-state index in [0.717, 1.165) is 83.5 Å². The molecule has 0 heterocycles. The summed E-state index contributed by atoms with van der Waals surface area (Å²) in [5.41, 5.74) is 0. The van der Waals surface area contributed by atoms with E-state index in [0.29, 0.717) is 17.4 Å². The molecular weight excluding hydrogens is 984 g/mol. The minimum Gasteiger partial charge on any atom is -0.756 e. The van der Waals surface area contributed by atoms with Crippen molar-refractivity contribution < 1.29 is 32.9 Å². The molecule has 0 saturated carbocycles. The van der Waals surface area contributed by atoms with Crippen LogP contribution in [0.5, 0.6) is 0 Å². The maximum absolute atomic E-state index is 13.0. The zero-order valence-electron chi connectivity index (χ0n) is 51.3. The summed E-state index contributed by atoms with van der Waals surface area (Å²) in [5.74, 6) is -0.208. The third-order valence-electron chi connectivity index (χ3n) is 14.0. The van der Waals surface area contributed by atoms with Crippen LogP contribution in [-0.2, 0) is 18.4 Å². The molecule has 0 saturated heterocycles. The zero-order chi connectivity index (χ0) is 57.0. The molecule has 0 rings (SSSR count). The summed E-state index contributed by atoms with van der Waals surface area (Å²) in [4.78, 5) is 25.5. The molecule has 0 aromatic carbocycles. The van der Waals surface area contributed by atoms with Gasteiger partial charge in [-0.1, -0.05) is 284 Å². The van der Waals surface area contributed by atoms with Gasteiger partial charge in [-0.3, -0.25) is 9.36 Å². The number of allylic oxidation sites excluding steroid dienone is 17. The van der Waals surface area contributed by atoms with Crippen molar-refractivity contribution in [2.45, 2.75) is 283 Å². The summed E-state index contributed by atoms with van der Waals surface area (Å²) >= 11 is 0. The molecule has 3 atom stereocenters. The standard InChI is InChI=1S/C69H123N2O6P/c1-6-8-10-12-14-16-18-20-22-24-25-26-27-28-29-30-31-32-33-34-35-36-37-38-39-40-41-42-43-44-45-47-49-51-53-55-57-59-61-63-69(73)70-67(66-77-78(74,75)76-65-64-71(3,4)5)68(72)62-60-58-56-54-52-50-48-46-23-21-19-17-15-13-11-9-7-2/h8,10,14,16,20,22,25-26,28-29,31-32,34-35,52,54,60,62,67-68,72H,6-7,9,11-13,15,17-19,21,23-24,27,30,33,36-51,53,55-59,61,63-66H2,1-5H3,(H-,70,73,74,75)/b10-8-,16-14-,22-20-,26-25-,29-28-,32-31-,35-34-,54-52+,62-60+. The summed E-state index contributed by atoms with van der Waals surface area (Å²) in [7, 11) is 1.24. The van der Waals surface area contributed by atoms with E-state index in [9.17, 15) is 19.4 Å². The smallest absolute Gasteiger partial charge is 0.268 e. The van der Waals surface area contributed by atoms with Crippen molar-refractivity contribution in [3.05, 3.63) is 109 Å². The van der Waals surface area contributed by atoms with Gasteiger partial charge in [-0.2, -0.15) is 0 Å². The number of quaternary nitrogens is 1. The molecule has 0 spiro atoms. The zero-order valence-corrected chi connectivity index (χ0v) is 52.2. The van der Waals surface area contributed by atoms with Crippen molar-refractivity contribution in [1.29, 1.82) is 0 Å². The molecule has 2 N–H and O–H groups in total. The predicted molar refractivity (Wildman–Crippen MR) is 339 cm³/mol. The first-order chi connectivity index (χ1) is 38.0. The average Bonchev–Trinajstić information content (AvgIpc) is 3.40. The molecule has 0 aromatic rings. The second-order valence-corrected chi connectivity index (χ2v) is 24.1. The second kappa shape index (κ2) is 58.8. The highest BCUT2D eigenvalue weighted by Gasteiger charge is 2.23. The van der Waals surface area contributed by atoms with E-state index in [1.54, 1.807) is 6.08 Å². The maximum atomic E-state index is 13.0. The molecule has 0 aliphatic heterocycles. The SMILES string of the molecule is CC/C=C\C/C=C\C/C=C\C/C=C\C/C=C\C/C=C\C/C=C\CCCCCCCCCCCCCCCCCCCC(=O)NC(COP(=O)([O-])OCC[N+](C)(C)C)C(O)/C=C/CC/C=C/CCCCCCCCCCCCC. The Kier molecular flexibility index (Phi) is 56.7. The van der Waals surface area contributed by atoms with Gasteiger partial charge in [0.25, 0.3) is 7.82 Å². The summed E-state index contributed by atoms with van der Waals surface area (Å²) in [6.07, 6.45) is 86.2. The monoisotopic (exact) mass is 1110 g/mol. The van der Waals surface area contributed by atoms with Crippen molar-refractivity contribution >= 4 is 13.7 Å². The summed E-state index contributed by atoms with van der Waals surface area (Å²) in [5, 5.41) is 13.9. The van der Waals surface area contributed by atoms with Crippen LogP contribution in [0.3, 0.4) is 0 Å². The molecule has 78 heavy (non-hydrogen) atoms. The van der Waals surface area contributed by atoms with Crippen LogP contribution in [0.2, 0.25) is 0 Å². The number of phosphoric acid groups is 1. The lowest BCUT2D eigenvalue weighted by atomic mass is 10.0. The fourth-order valence-corrected chi connectivity index (χ4v) is 9.70. The first kappa shape index (κ1) is 75.2. The second-order valence-electron chi connectivity index (χ2n) is 22.7. The quantitative estimate of drug-likeness (QED) is 0.0272. The molecule has 1 amide bonds. The summed E-state index contributed by atoms with van der Waals surface area (Å²) in [6, 6.07) is -0.908. The van der Waals surface area contributed by atoms with Gasteiger partial charge >= 0.3 is 0 Å². The number of phosphoric ester groups is 1. The van der Waals surface area contributed by atoms with Crippen molar-refractivity contribution in [3.63, 3.8) is 0 Å². The lowest BCUT2D eigenvalue weighted by molar-refractivity contribution is -0.870. The Morgan fingerprint density at radius 3 is 1.19 bits per heavy atom. The number of hydrogen-bond acceptors (Lipinski definition) is 6. The number of nitrogens with zero attached hydrogens (tertiary/aromatic N) is 1. The van der Waals surface area contributed by atoms with Crippen LogP contribution in [0.1, 0.15) is 271 Å². The lowest BCUT2D eigenvalue weighted by Crippen LogP contribution is -2.45. The van der Waals surface area contributed by atoms with Crippen molar-refractivity contribution in [3.8, 4) is 0 Å². The van der Waals surface area contributed by atoms with E-state index in [1.165, 1.54) is 167 Å². The minimum absolute atomic E-state index is 0.00904. The minimum atomic E-state index is -4.61. The molecule has 0 aliphatic carbocycles. The number of unbranched alkanes of at least 4 members (excludes halogenated alkanes) is 29. The predicted octanol–water partition coefficient (Wildman–Crippen LogP) is 19.7. The number of hydrogen-bond donors (Lipinski definition) is 2. The van der Waals surface area contributed by atoms with E-state index in [-0.39, 0.29) is 12.5 Å². The molecular formula is C69H123N2O6P. The highest BCUT2D eigenvalue weighted by molar-refractivity contribution is 7.45. The lowest BCUT2D eigenvalue weighted by Gasteiger charge is -2.29. The van der Waals surface area contributed by atoms with Crippen LogP contribution < -0.4 is 10.2 Å². The van der Waals surface area contributed by atoms with E-state index in [1.807, 2.05) is 27.2 Å². The number of carbonyl (C=O) groups is 1. The van der Waals surface area contributed by atoms with Gasteiger partial charge in [-0.25, -0.2) is 0 Å². The fourth-order valence-electron chi connectivity index (χ4n) is 8.97. The molecule has 450 valence electrons. The Labute approximate surface area is 482 Å².